The summed E-state index contributed by atoms with van der Waals surface area (Å²) < 4.78 is 9.96. The van der Waals surface area contributed by atoms with Crippen LogP contribution in [0.3, 0.4) is 0 Å². The van der Waals surface area contributed by atoms with E-state index in [1.807, 2.05) is 13.8 Å². The summed E-state index contributed by atoms with van der Waals surface area (Å²) in [5, 5.41) is 0. The minimum Gasteiger partial charge on any atom is -0.382 e. The highest BCUT2D eigenvalue weighted by molar-refractivity contribution is 6.18. The van der Waals surface area contributed by atoms with E-state index in [0.29, 0.717) is 25.6 Å². The van der Waals surface area contributed by atoms with Crippen molar-refractivity contribution in [3.63, 3.8) is 0 Å². The van der Waals surface area contributed by atoms with Crippen LogP contribution in [0.2, 0.25) is 0 Å². The molecule has 0 spiro atoms. The van der Waals surface area contributed by atoms with Crippen LogP contribution >= 0.6 is 11.6 Å². The maximum Gasteiger partial charge on any atom is 0.248 e. The van der Waals surface area contributed by atoms with Gasteiger partial charge in [0.1, 0.15) is 6.61 Å². The molecule has 1 amide bonds. The maximum atomic E-state index is 11.6. The average Bonchev–Trinajstić information content (AvgIpc) is 2.20. The van der Waals surface area contributed by atoms with Crippen molar-refractivity contribution in [3.05, 3.63) is 0 Å². The highest BCUT2D eigenvalue weighted by Gasteiger charge is 2.15. The van der Waals surface area contributed by atoms with Crippen LogP contribution in [0, 0.1) is 0 Å². The summed E-state index contributed by atoms with van der Waals surface area (Å²) in [6.07, 6.45) is 0. The molecule has 0 heterocycles. The number of rotatable bonds is 8. The first-order valence-corrected chi connectivity index (χ1v) is 5.59. The summed E-state index contributed by atoms with van der Waals surface area (Å²) in [6.45, 7) is 5.52. The molecular formula is C10H20ClNO3. The summed E-state index contributed by atoms with van der Waals surface area (Å²) in [4.78, 5) is 13.3. The van der Waals surface area contributed by atoms with Gasteiger partial charge in [-0.3, -0.25) is 4.79 Å². The minimum absolute atomic E-state index is 0.0262. The van der Waals surface area contributed by atoms with Crippen LogP contribution in [0.25, 0.3) is 0 Å². The zero-order valence-electron chi connectivity index (χ0n) is 9.66. The van der Waals surface area contributed by atoms with Gasteiger partial charge in [-0.1, -0.05) is 0 Å². The van der Waals surface area contributed by atoms with Crippen LogP contribution in [0.1, 0.15) is 13.8 Å². The predicted molar refractivity (Wildman–Crippen MR) is 60.3 cm³/mol. The molecule has 0 saturated heterocycles. The van der Waals surface area contributed by atoms with E-state index in [1.54, 1.807) is 12.0 Å². The van der Waals surface area contributed by atoms with Gasteiger partial charge in [-0.25, -0.2) is 0 Å². The van der Waals surface area contributed by atoms with Gasteiger partial charge < -0.3 is 14.4 Å². The topological polar surface area (TPSA) is 38.8 Å². The first-order chi connectivity index (χ1) is 7.13. The molecule has 0 aromatic rings. The van der Waals surface area contributed by atoms with Crippen LogP contribution < -0.4 is 0 Å². The van der Waals surface area contributed by atoms with E-state index in [-0.39, 0.29) is 18.6 Å². The Balaban J connectivity index is 3.82. The molecule has 0 atom stereocenters. The van der Waals surface area contributed by atoms with E-state index in [9.17, 15) is 4.79 Å². The first-order valence-electron chi connectivity index (χ1n) is 5.05. The predicted octanol–water partition coefficient (Wildman–Crippen LogP) is 1.13. The van der Waals surface area contributed by atoms with Crippen molar-refractivity contribution in [1.82, 2.24) is 4.90 Å². The van der Waals surface area contributed by atoms with E-state index < -0.39 is 0 Å². The molecule has 0 aliphatic rings. The lowest BCUT2D eigenvalue weighted by Crippen LogP contribution is -2.40. The lowest BCUT2D eigenvalue weighted by Gasteiger charge is -2.25. The molecule has 0 saturated carbocycles. The highest BCUT2D eigenvalue weighted by Crippen LogP contribution is 2.00. The van der Waals surface area contributed by atoms with Gasteiger partial charge in [-0.15, -0.1) is 11.6 Å². The van der Waals surface area contributed by atoms with Gasteiger partial charge in [0.25, 0.3) is 0 Å². The molecule has 0 rings (SSSR count). The van der Waals surface area contributed by atoms with Crippen molar-refractivity contribution < 1.29 is 14.3 Å². The van der Waals surface area contributed by atoms with Crippen molar-refractivity contribution >= 4 is 17.5 Å². The Bertz CT molecular complexity index is 176. The molecule has 0 aromatic heterocycles. The van der Waals surface area contributed by atoms with E-state index in [1.165, 1.54) is 0 Å². The van der Waals surface area contributed by atoms with Gasteiger partial charge in [0.15, 0.2) is 0 Å². The second-order valence-corrected chi connectivity index (χ2v) is 3.79. The van der Waals surface area contributed by atoms with Crippen molar-refractivity contribution in [2.75, 3.05) is 39.4 Å². The summed E-state index contributed by atoms with van der Waals surface area (Å²) in [6, 6.07) is 0.155. The van der Waals surface area contributed by atoms with Gasteiger partial charge in [0.2, 0.25) is 5.91 Å². The highest BCUT2D eigenvalue weighted by atomic mass is 35.5. The molecule has 5 heteroatoms. The summed E-state index contributed by atoms with van der Waals surface area (Å²) in [5.74, 6) is 0.420. The number of methoxy groups -OCH3 is 1. The van der Waals surface area contributed by atoms with E-state index >= 15 is 0 Å². The summed E-state index contributed by atoms with van der Waals surface area (Å²) in [5.41, 5.74) is 0. The minimum atomic E-state index is -0.0262. The Kier molecular flexibility index (Phi) is 8.76. The molecule has 0 aromatic carbocycles. The van der Waals surface area contributed by atoms with Crippen molar-refractivity contribution in [1.29, 1.82) is 0 Å². The standard InChI is InChI=1S/C10H20ClNO3/c1-9(2)12(5-4-11)10(13)8-15-7-6-14-3/h9H,4-8H2,1-3H3. The summed E-state index contributed by atoms with van der Waals surface area (Å²) in [7, 11) is 1.60. The smallest absolute Gasteiger partial charge is 0.248 e. The number of alkyl halides is 1. The number of carbonyl (C=O) groups excluding carboxylic acids is 1. The molecule has 0 unspecified atom stereocenters. The van der Waals surface area contributed by atoms with Crippen LogP contribution in [-0.2, 0) is 14.3 Å². The number of carbonyl (C=O) groups is 1. The molecule has 0 fully saturated rings. The SMILES string of the molecule is COCCOCC(=O)N(CCCl)C(C)C. The Hall–Kier alpha value is -0.320. The van der Waals surface area contributed by atoms with E-state index in [2.05, 4.69) is 0 Å². The quantitative estimate of drug-likeness (QED) is 0.469. The van der Waals surface area contributed by atoms with E-state index in [0.717, 1.165) is 0 Å². The molecule has 0 radical (unpaired) electrons. The fourth-order valence-corrected chi connectivity index (χ4v) is 1.33. The fourth-order valence-electron chi connectivity index (χ4n) is 1.15. The fraction of sp³-hybridized carbons (Fsp3) is 0.900. The molecular weight excluding hydrogens is 218 g/mol. The summed E-state index contributed by atoms with van der Waals surface area (Å²) >= 11 is 5.61. The maximum absolute atomic E-state index is 11.6. The Morgan fingerprint density at radius 1 is 1.40 bits per heavy atom. The van der Waals surface area contributed by atoms with E-state index in [4.69, 9.17) is 21.1 Å². The largest absolute Gasteiger partial charge is 0.382 e. The van der Waals surface area contributed by atoms with Crippen LogP contribution in [0.5, 0.6) is 0 Å². The van der Waals surface area contributed by atoms with Crippen LogP contribution in [-0.4, -0.2) is 56.2 Å². The van der Waals surface area contributed by atoms with Gasteiger partial charge in [0.05, 0.1) is 13.2 Å². The molecule has 0 aliphatic heterocycles. The number of halogens is 1. The molecule has 90 valence electrons. The van der Waals surface area contributed by atoms with Crippen molar-refractivity contribution in [3.8, 4) is 0 Å². The molecule has 0 aliphatic carbocycles. The second kappa shape index (κ2) is 8.95. The third-order valence-corrected chi connectivity index (χ3v) is 2.10. The molecule has 15 heavy (non-hydrogen) atoms. The third kappa shape index (κ3) is 6.71. The second-order valence-electron chi connectivity index (χ2n) is 3.42. The van der Waals surface area contributed by atoms with Crippen molar-refractivity contribution in [2.45, 2.75) is 19.9 Å². The third-order valence-electron chi connectivity index (χ3n) is 1.93. The number of amides is 1. The molecule has 4 nitrogen and oxygen atoms in total. The van der Waals surface area contributed by atoms with Crippen molar-refractivity contribution in [2.24, 2.45) is 0 Å². The lowest BCUT2D eigenvalue weighted by atomic mass is 10.3. The normalized spacial score (nSPS) is 10.7. The average molecular weight is 238 g/mol. The Morgan fingerprint density at radius 3 is 2.53 bits per heavy atom. The number of hydrogen-bond donors (Lipinski definition) is 0. The van der Waals surface area contributed by atoms with Gasteiger partial charge in [0, 0.05) is 25.6 Å². The number of hydrogen-bond acceptors (Lipinski definition) is 3. The van der Waals surface area contributed by atoms with Gasteiger partial charge in [-0.2, -0.15) is 0 Å². The lowest BCUT2D eigenvalue weighted by molar-refractivity contribution is -0.138. The number of nitrogens with zero attached hydrogens (tertiary/aromatic N) is 1. The molecule has 0 N–H and O–H groups in total. The number of ether oxygens (including phenoxy) is 2. The van der Waals surface area contributed by atoms with Crippen LogP contribution in [0.15, 0.2) is 0 Å². The van der Waals surface area contributed by atoms with Gasteiger partial charge >= 0.3 is 0 Å². The zero-order chi connectivity index (χ0) is 11.7. The Morgan fingerprint density at radius 2 is 2.07 bits per heavy atom. The zero-order valence-corrected chi connectivity index (χ0v) is 10.4. The van der Waals surface area contributed by atoms with Crippen LogP contribution in [0.4, 0.5) is 0 Å². The first kappa shape index (κ1) is 14.7. The monoisotopic (exact) mass is 237 g/mol. The molecule has 0 bridgehead atoms. The van der Waals surface area contributed by atoms with Gasteiger partial charge in [-0.05, 0) is 13.8 Å². The Labute approximate surface area is 96.5 Å².